The van der Waals surface area contributed by atoms with Gasteiger partial charge in [0.2, 0.25) is 0 Å². The minimum Gasteiger partial charge on any atom is -0.340 e. The minimum absolute atomic E-state index is 0.0849. The van der Waals surface area contributed by atoms with Gasteiger partial charge in [-0.2, -0.15) is 0 Å². The van der Waals surface area contributed by atoms with Gasteiger partial charge in [-0.25, -0.2) is 0 Å². The van der Waals surface area contributed by atoms with Crippen molar-refractivity contribution in [3.63, 3.8) is 0 Å². The average Bonchev–Trinajstić information content (AvgIpc) is 2.38. The molecule has 0 aromatic heterocycles. The highest BCUT2D eigenvalue weighted by molar-refractivity contribution is 8.14. The summed E-state index contributed by atoms with van der Waals surface area (Å²) in [6.45, 7) is 12.4. The molecule has 0 aromatic carbocycles. The molecule has 2 nitrogen and oxygen atoms in total. The van der Waals surface area contributed by atoms with Crippen LogP contribution in [0.1, 0.15) is 53.4 Å². The Kier molecular flexibility index (Phi) is 9.43. The maximum Gasteiger partial charge on any atom is 0.281 e. The van der Waals surface area contributed by atoms with E-state index in [-0.39, 0.29) is 9.99 Å². The first kappa shape index (κ1) is 20.0. The van der Waals surface area contributed by atoms with Crippen molar-refractivity contribution in [2.24, 2.45) is 0 Å². The van der Waals surface area contributed by atoms with Crippen LogP contribution in [0.25, 0.3) is 0 Å². The molecule has 21 heavy (non-hydrogen) atoms. The van der Waals surface area contributed by atoms with Gasteiger partial charge in [-0.15, -0.1) is 6.58 Å². The van der Waals surface area contributed by atoms with Crippen LogP contribution in [-0.2, 0) is 0 Å². The van der Waals surface area contributed by atoms with Crippen molar-refractivity contribution in [2.75, 3.05) is 14.1 Å². The summed E-state index contributed by atoms with van der Waals surface area (Å²) in [4.78, 5) is 13.5. The van der Waals surface area contributed by atoms with E-state index in [1.807, 2.05) is 6.08 Å². The summed E-state index contributed by atoms with van der Waals surface area (Å²) < 4.78 is -0.196. The second kappa shape index (κ2) is 9.88. The molecular formula is C18H31NOS. The molecule has 0 aliphatic heterocycles. The molecule has 0 radical (unpaired) electrons. The zero-order valence-electron chi connectivity index (χ0n) is 14.5. The Morgan fingerprint density at radius 3 is 2.29 bits per heavy atom. The molecule has 120 valence electrons. The SMILES string of the molecule is C=C[C@](C)(CC/C=C(\C)CCC=C(C)C)SC(=O)N(C)C. The van der Waals surface area contributed by atoms with Gasteiger partial charge in [-0.3, -0.25) is 4.79 Å². The maximum absolute atomic E-state index is 11.8. The monoisotopic (exact) mass is 309 g/mol. The van der Waals surface area contributed by atoms with Crippen molar-refractivity contribution in [1.82, 2.24) is 4.90 Å². The van der Waals surface area contributed by atoms with Gasteiger partial charge in [0.1, 0.15) is 0 Å². The summed E-state index contributed by atoms with van der Waals surface area (Å²) in [6, 6.07) is 0. The standard InChI is InChI=1S/C18H31NOS/c1-8-18(5,21-17(20)19(6)7)14-10-13-16(4)12-9-11-15(2)3/h8,11,13H,1,9-10,12,14H2,2-7H3/b16-13+/t18-/m1/s1. The molecule has 1 atom stereocenters. The van der Waals surface area contributed by atoms with E-state index in [4.69, 9.17) is 0 Å². The van der Waals surface area contributed by atoms with Gasteiger partial charge in [-0.05, 0) is 53.4 Å². The lowest BCUT2D eigenvalue weighted by molar-refractivity contribution is 0.241. The Hall–Kier alpha value is -0.960. The van der Waals surface area contributed by atoms with Gasteiger partial charge >= 0.3 is 0 Å². The fraction of sp³-hybridized carbons (Fsp3) is 0.611. The first-order chi connectivity index (χ1) is 9.70. The van der Waals surface area contributed by atoms with Crippen LogP contribution in [0.4, 0.5) is 4.79 Å². The van der Waals surface area contributed by atoms with Crippen molar-refractivity contribution in [2.45, 2.75) is 58.1 Å². The van der Waals surface area contributed by atoms with Crippen LogP contribution in [0.15, 0.2) is 36.0 Å². The quantitative estimate of drug-likeness (QED) is 0.527. The predicted molar refractivity (Wildman–Crippen MR) is 96.9 cm³/mol. The second-order valence-corrected chi connectivity index (χ2v) is 7.67. The molecule has 0 heterocycles. The third kappa shape index (κ3) is 9.57. The Labute approximate surface area is 135 Å². The van der Waals surface area contributed by atoms with Gasteiger partial charge < -0.3 is 4.90 Å². The number of carbonyl (C=O) groups is 1. The summed E-state index contributed by atoms with van der Waals surface area (Å²) in [5, 5.41) is 0.0849. The molecular weight excluding hydrogens is 278 g/mol. The molecule has 0 rings (SSSR count). The van der Waals surface area contributed by atoms with Crippen molar-refractivity contribution in [3.05, 3.63) is 36.0 Å². The topological polar surface area (TPSA) is 20.3 Å². The molecule has 0 spiro atoms. The third-order valence-corrected chi connectivity index (χ3v) is 4.72. The number of rotatable bonds is 8. The lowest BCUT2D eigenvalue weighted by Gasteiger charge is -2.25. The number of hydrogen-bond acceptors (Lipinski definition) is 2. The maximum atomic E-state index is 11.8. The number of carbonyl (C=O) groups excluding carboxylic acids is 1. The smallest absolute Gasteiger partial charge is 0.281 e. The van der Waals surface area contributed by atoms with E-state index < -0.39 is 0 Å². The Balaban J connectivity index is 4.35. The van der Waals surface area contributed by atoms with Crippen LogP contribution in [0.3, 0.4) is 0 Å². The van der Waals surface area contributed by atoms with Crippen molar-refractivity contribution in [1.29, 1.82) is 0 Å². The first-order valence-electron chi connectivity index (χ1n) is 7.53. The number of hydrogen-bond donors (Lipinski definition) is 0. The minimum atomic E-state index is -0.196. The summed E-state index contributed by atoms with van der Waals surface area (Å²) >= 11 is 1.36. The van der Waals surface area contributed by atoms with E-state index in [9.17, 15) is 4.79 Å². The summed E-state index contributed by atoms with van der Waals surface area (Å²) in [6.07, 6.45) is 10.6. The van der Waals surface area contributed by atoms with E-state index in [1.165, 1.54) is 22.9 Å². The van der Waals surface area contributed by atoms with Crippen LogP contribution in [0.2, 0.25) is 0 Å². The second-order valence-electron chi connectivity index (χ2n) is 6.19. The van der Waals surface area contributed by atoms with Crippen LogP contribution in [0, 0.1) is 0 Å². The van der Waals surface area contributed by atoms with Crippen LogP contribution in [0.5, 0.6) is 0 Å². The van der Waals surface area contributed by atoms with Gasteiger partial charge in [0, 0.05) is 18.8 Å². The molecule has 0 fully saturated rings. The normalized spacial score (nSPS) is 14.3. The average molecular weight is 310 g/mol. The Morgan fingerprint density at radius 1 is 1.19 bits per heavy atom. The van der Waals surface area contributed by atoms with Gasteiger partial charge in [-0.1, -0.05) is 41.1 Å². The molecule has 0 saturated carbocycles. The zero-order valence-corrected chi connectivity index (χ0v) is 15.3. The highest BCUT2D eigenvalue weighted by Gasteiger charge is 2.25. The van der Waals surface area contributed by atoms with Gasteiger partial charge in [0.05, 0.1) is 0 Å². The van der Waals surface area contributed by atoms with E-state index in [1.54, 1.807) is 19.0 Å². The fourth-order valence-electron chi connectivity index (χ4n) is 1.78. The highest BCUT2D eigenvalue weighted by Crippen LogP contribution is 2.33. The lowest BCUT2D eigenvalue weighted by atomic mass is 10.0. The van der Waals surface area contributed by atoms with Crippen LogP contribution < -0.4 is 0 Å². The fourth-order valence-corrected chi connectivity index (χ4v) is 2.67. The number of amides is 1. The van der Waals surface area contributed by atoms with E-state index in [0.717, 1.165) is 25.7 Å². The zero-order chi connectivity index (χ0) is 16.5. The molecule has 0 bridgehead atoms. The van der Waals surface area contributed by atoms with Gasteiger partial charge in [0.15, 0.2) is 0 Å². The van der Waals surface area contributed by atoms with Crippen LogP contribution in [-0.4, -0.2) is 29.0 Å². The molecule has 0 aromatic rings. The van der Waals surface area contributed by atoms with Crippen LogP contribution >= 0.6 is 11.8 Å². The largest absolute Gasteiger partial charge is 0.340 e. The summed E-state index contributed by atoms with van der Waals surface area (Å²) in [5.74, 6) is 0. The first-order valence-corrected chi connectivity index (χ1v) is 8.34. The summed E-state index contributed by atoms with van der Waals surface area (Å²) in [7, 11) is 3.57. The van der Waals surface area contributed by atoms with E-state index >= 15 is 0 Å². The molecule has 1 amide bonds. The molecule has 0 aliphatic carbocycles. The molecule has 0 saturated heterocycles. The van der Waals surface area contributed by atoms with E-state index in [2.05, 4.69) is 46.4 Å². The number of nitrogens with zero attached hydrogens (tertiary/aromatic N) is 1. The molecule has 0 unspecified atom stereocenters. The van der Waals surface area contributed by atoms with Crippen molar-refractivity contribution >= 4 is 17.0 Å². The lowest BCUT2D eigenvalue weighted by Crippen LogP contribution is -2.25. The predicted octanol–water partition coefficient (Wildman–Crippen LogP) is 5.82. The summed E-state index contributed by atoms with van der Waals surface area (Å²) in [5.41, 5.74) is 2.79. The molecule has 3 heteroatoms. The number of allylic oxidation sites excluding steroid dienone is 4. The Morgan fingerprint density at radius 2 is 1.81 bits per heavy atom. The third-order valence-electron chi connectivity index (χ3n) is 3.34. The molecule has 0 N–H and O–H groups in total. The number of thioether (sulfide) groups is 1. The van der Waals surface area contributed by atoms with Gasteiger partial charge in [0.25, 0.3) is 5.24 Å². The molecule has 0 aliphatic rings. The highest BCUT2D eigenvalue weighted by atomic mass is 32.2. The van der Waals surface area contributed by atoms with Crippen molar-refractivity contribution in [3.8, 4) is 0 Å². The van der Waals surface area contributed by atoms with Crippen molar-refractivity contribution < 1.29 is 4.79 Å². The Bertz CT molecular complexity index is 405. The van der Waals surface area contributed by atoms with E-state index in [0.29, 0.717) is 0 Å².